The van der Waals surface area contributed by atoms with Crippen LogP contribution >= 0.6 is 11.6 Å². The Kier molecular flexibility index (Phi) is 5.44. The van der Waals surface area contributed by atoms with E-state index in [4.69, 9.17) is 17.3 Å². The number of nitrogens with two attached hydrogens (primary N) is 1. The van der Waals surface area contributed by atoms with Gasteiger partial charge in [0.05, 0.1) is 11.9 Å². The van der Waals surface area contributed by atoms with Gasteiger partial charge in [0.15, 0.2) is 0 Å². The van der Waals surface area contributed by atoms with Crippen LogP contribution in [0.5, 0.6) is 0 Å². The molecule has 0 fully saturated rings. The average Bonchev–Trinajstić information content (AvgIpc) is 2.33. The molecule has 0 unspecified atom stereocenters. The van der Waals surface area contributed by atoms with Crippen LogP contribution in [-0.4, -0.2) is 29.4 Å². The largest absolute Gasteiger partial charge is 0.368 e. The van der Waals surface area contributed by atoms with E-state index in [1.807, 2.05) is 18.7 Å². The molecule has 1 aromatic rings. The summed E-state index contributed by atoms with van der Waals surface area (Å²) in [6.07, 6.45) is 2.49. The molecule has 0 amide bonds. The number of hydrogen-bond donors (Lipinski definition) is 1. The van der Waals surface area contributed by atoms with E-state index >= 15 is 0 Å². The van der Waals surface area contributed by atoms with Crippen molar-refractivity contribution in [2.24, 2.45) is 5.73 Å². The molecule has 0 aliphatic carbocycles. The number of anilines is 1. The number of halogens is 1. The Bertz CT molecular complexity index is 418. The normalized spacial score (nSPS) is 10.6. The highest BCUT2D eigenvalue weighted by molar-refractivity contribution is 6.33. The molecule has 2 N–H and O–H groups in total. The quantitative estimate of drug-likeness (QED) is 0.830. The third-order valence-corrected chi connectivity index (χ3v) is 2.88. The summed E-state index contributed by atoms with van der Waals surface area (Å²) < 4.78 is 1.39. The molecule has 1 aromatic heterocycles. The first-order valence-electron chi connectivity index (χ1n) is 5.86. The lowest BCUT2D eigenvalue weighted by Gasteiger charge is -2.22. The number of likely N-dealkylation sites (N-methyl/N-ethyl adjacent to an activating group) is 1. The molecule has 0 spiro atoms. The maximum atomic E-state index is 11.9. The van der Waals surface area contributed by atoms with Crippen molar-refractivity contribution in [3.8, 4) is 0 Å². The van der Waals surface area contributed by atoms with Gasteiger partial charge in [-0.05, 0) is 13.3 Å². The van der Waals surface area contributed by atoms with E-state index < -0.39 is 0 Å². The summed E-state index contributed by atoms with van der Waals surface area (Å²) in [6.45, 7) is 6.49. The zero-order valence-electron chi connectivity index (χ0n) is 10.3. The van der Waals surface area contributed by atoms with Crippen LogP contribution in [0, 0.1) is 0 Å². The van der Waals surface area contributed by atoms with Crippen LogP contribution in [0.4, 0.5) is 5.69 Å². The lowest BCUT2D eigenvalue weighted by molar-refractivity contribution is 0.567. The number of hydrogen-bond acceptors (Lipinski definition) is 4. The molecule has 96 valence electrons. The van der Waals surface area contributed by atoms with Crippen LogP contribution in [0.2, 0.25) is 5.02 Å². The molecular formula is C11H19ClN4O. The van der Waals surface area contributed by atoms with E-state index in [9.17, 15) is 4.79 Å². The first-order chi connectivity index (χ1) is 8.15. The highest BCUT2D eigenvalue weighted by Gasteiger charge is 2.13. The average molecular weight is 259 g/mol. The first-order valence-corrected chi connectivity index (χ1v) is 6.24. The zero-order valence-corrected chi connectivity index (χ0v) is 11.1. The fourth-order valence-electron chi connectivity index (χ4n) is 1.65. The van der Waals surface area contributed by atoms with Crippen molar-refractivity contribution in [1.29, 1.82) is 0 Å². The van der Waals surface area contributed by atoms with Gasteiger partial charge in [0.25, 0.3) is 5.56 Å². The number of rotatable bonds is 6. The van der Waals surface area contributed by atoms with Gasteiger partial charge in [-0.1, -0.05) is 18.5 Å². The Morgan fingerprint density at radius 2 is 2.24 bits per heavy atom. The van der Waals surface area contributed by atoms with Gasteiger partial charge in [0.2, 0.25) is 0 Å². The molecule has 0 aromatic carbocycles. The van der Waals surface area contributed by atoms with Gasteiger partial charge in [-0.3, -0.25) is 4.79 Å². The summed E-state index contributed by atoms with van der Waals surface area (Å²) in [6, 6.07) is 0. The van der Waals surface area contributed by atoms with E-state index in [0.717, 1.165) is 13.0 Å². The van der Waals surface area contributed by atoms with Crippen LogP contribution in [0.25, 0.3) is 0 Å². The van der Waals surface area contributed by atoms with E-state index in [0.29, 0.717) is 25.3 Å². The zero-order chi connectivity index (χ0) is 12.8. The van der Waals surface area contributed by atoms with Gasteiger partial charge in [-0.25, -0.2) is 4.68 Å². The predicted molar refractivity (Wildman–Crippen MR) is 70.7 cm³/mol. The highest BCUT2D eigenvalue weighted by atomic mass is 35.5. The van der Waals surface area contributed by atoms with Crippen LogP contribution in [0.3, 0.4) is 0 Å². The van der Waals surface area contributed by atoms with Gasteiger partial charge in [0, 0.05) is 26.2 Å². The second-order valence-electron chi connectivity index (χ2n) is 3.74. The molecular weight excluding hydrogens is 240 g/mol. The van der Waals surface area contributed by atoms with Crippen molar-refractivity contribution < 1.29 is 0 Å². The number of aryl methyl sites for hydroxylation is 1. The van der Waals surface area contributed by atoms with E-state index in [-0.39, 0.29) is 10.6 Å². The summed E-state index contributed by atoms with van der Waals surface area (Å²) in [5.41, 5.74) is 5.95. The van der Waals surface area contributed by atoms with Crippen LogP contribution in [0.1, 0.15) is 20.3 Å². The fraction of sp³-hybridized carbons (Fsp3) is 0.636. The summed E-state index contributed by atoms with van der Waals surface area (Å²) in [5.74, 6) is 0. The third kappa shape index (κ3) is 3.20. The van der Waals surface area contributed by atoms with Crippen molar-refractivity contribution >= 4 is 17.3 Å². The van der Waals surface area contributed by atoms with Crippen LogP contribution in [0.15, 0.2) is 11.0 Å². The Hall–Kier alpha value is -1.07. The number of nitrogens with zero attached hydrogens (tertiary/aromatic N) is 3. The van der Waals surface area contributed by atoms with Crippen LogP contribution < -0.4 is 16.2 Å². The summed E-state index contributed by atoms with van der Waals surface area (Å²) >= 11 is 6.09. The van der Waals surface area contributed by atoms with Crippen molar-refractivity contribution in [2.45, 2.75) is 26.8 Å². The van der Waals surface area contributed by atoms with Crippen molar-refractivity contribution in [1.82, 2.24) is 9.78 Å². The first kappa shape index (κ1) is 14.0. The van der Waals surface area contributed by atoms with Crippen molar-refractivity contribution in [3.05, 3.63) is 21.6 Å². The maximum absolute atomic E-state index is 11.9. The second kappa shape index (κ2) is 6.61. The lowest BCUT2D eigenvalue weighted by atomic mass is 10.3. The summed E-state index contributed by atoms with van der Waals surface area (Å²) in [5, 5.41) is 4.34. The molecule has 6 heteroatoms. The Morgan fingerprint density at radius 3 is 2.76 bits per heavy atom. The summed E-state index contributed by atoms with van der Waals surface area (Å²) in [4.78, 5) is 13.9. The number of aromatic nitrogens is 2. The van der Waals surface area contributed by atoms with Gasteiger partial charge < -0.3 is 10.6 Å². The minimum absolute atomic E-state index is 0.226. The monoisotopic (exact) mass is 258 g/mol. The Labute approximate surface area is 106 Å². The van der Waals surface area contributed by atoms with Gasteiger partial charge in [0.1, 0.15) is 5.02 Å². The predicted octanol–water partition coefficient (Wildman–Crippen LogP) is 1.09. The molecule has 0 saturated carbocycles. The molecule has 0 atom stereocenters. The highest BCUT2D eigenvalue weighted by Crippen LogP contribution is 2.20. The van der Waals surface area contributed by atoms with E-state index in [1.165, 1.54) is 4.68 Å². The minimum Gasteiger partial charge on any atom is -0.368 e. The second-order valence-corrected chi connectivity index (χ2v) is 4.12. The molecule has 0 bridgehead atoms. The molecule has 0 radical (unpaired) electrons. The SMILES string of the molecule is CCCn1ncc(N(CC)CCN)c(Cl)c1=O. The van der Waals surface area contributed by atoms with Gasteiger partial charge >= 0.3 is 0 Å². The van der Waals surface area contributed by atoms with Crippen molar-refractivity contribution in [2.75, 3.05) is 24.5 Å². The molecule has 0 saturated heterocycles. The van der Waals surface area contributed by atoms with Gasteiger partial charge in [-0.15, -0.1) is 0 Å². The minimum atomic E-state index is -0.235. The third-order valence-electron chi connectivity index (χ3n) is 2.52. The molecule has 5 nitrogen and oxygen atoms in total. The topological polar surface area (TPSA) is 64.2 Å². The smallest absolute Gasteiger partial charge is 0.287 e. The Balaban J connectivity index is 3.10. The lowest BCUT2D eigenvalue weighted by Crippen LogP contribution is -2.32. The molecule has 17 heavy (non-hydrogen) atoms. The molecule has 1 heterocycles. The maximum Gasteiger partial charge on any atom is 0.287 e. The standard InChI is InChI=1S/C11H19ClN4O/c1-3-6-16-11(17)10(12)9(8-14-16)15(4-2)7-5-13/h8H,3-7,13H2,1-2H3. The molecule has 0 aliphatic rings. The summed E-state index contributed by atoms with van der Waals surface area (Å²) in [7, 11) is 0. The Morgan fingerprint density at radius 1 is 1.53 bits per heavy atom. The van der Waals surface area contributed by atoms with Crippen molar-refractivity contribution in [3.63, 3.8) is 0 Å². The molecule has 0 aliphatic heterocycles. The van der Waals surface area contributed by atoms with E-state index in [1.54, 1.807) is 6.20 Å². The molecule has 1 rings (SSSR count). The van der Waals surface area contributed by atoms with E-state index in [2.05, 4.69) is 5.10 Å². The van der Waals surface area contributed by atoms with Gasteiger partial charge in [-0.2, -0.15) is 5.10 Å². The van der Waals surface area contributed by atoms with Crippen LogP contribution in [-0.2, 0) is 6.54 Å². The fourth-order valence-corrected chi connectivity index (χ4v) is 1.92.